The molecule has 1 saturated carbocycles. The van der Waals surface area contributed by atoms with Gasteiger partial charge in [-0.15, -0.1) is 0 Å². The van der Waals surface area contributed by atoms with E-state index in [2.05, 4.69) is 40.8 Å². The Kier molecular flexibility index (Phi) is 5.21. The highest BCUT2D eigenvalue weighted by Gasteiger charge is 2.30. The first-order chi connectivity index (χ1) is 17.1. The SMILES string of the molecule is Nc1cccn2c(C3CCC(C(=O)O)CC3)nc(-c3ccc4ccc(-c5ccccc5)nc4c3)c12. The number of carboxylic acids is 1. The smallest absolute Gasteiger partial charge is 0.306 e. The number of nitrogens with zero attached hydrogens (tertiary/aromatic N) is 3. The van der Waals surface area contributed by atoms with Crippen LogP contribution in [-0.2, 0) is 4.79 Å². The highest BCUT2D eigenvalue weighted by atomic mass is 16.4. The normalized spacial score (nSPS) is 18.2. The van der Waals surface area contributed by atoms with E-state index in [0.717, 1.165) is 57.6 Å². The van der Waals surface area contributed by atoms with Gasteiger partial charge in [0.2, 0.25) is 0 Å². The third kappa shape index (κ3) is 3.81. The molecular formula is C29H26N4O2. The Morgan fingerprint density at radius 2 is 1.66 bits per heavy atom. The Labute approximate surface area is 203 Å². The monoisotopic (exact) mass is 462 g/mol. The minimum Gasteiger partial charge on any atom is -0.481 e. The Balaban J connectivity index is 1.44. The Morgan fingerprint density at radius 1 is 0.886 bits per heavy atom. The number of pyridine rings is 2. The fourth-order valence-electron chi connectivity index (χ4n) is 5.31. The summed E-state index contributed by atoms with van der Waals surface area (Å²) in [6.07, 6.45) is 4.98. The lowest BCUT2D eigenvalue weighted by Crippen LogP contribution is -2.21. The van der Waals surface area contributed by atoms with E-state index in [1.54, 1.807) is 0 Å². The molecule has 0 unspecified atom stereocenters. The minimum atomic E-state index is -0.695. The molecule has 6 rings (SSSR count). The van der Waals surface area contributed by atoms with E-state index in [1.807, 2.05) is 42.6 Å². The van der Waals surface area contributed by atoms with Crippen LogP contribution in [0.15, 0.2) is 79.0 Å². The largest absolute Gasteiger partial charge is 0.481 e. The van der Waals surface area contributed by atoms with Crippen molar-refractivity contribution in [2.45, 2.75) is 31.6 Å². The molecule has 3 N–H and O–H groups in total. The molecule has 0 amide bonds. The highest BCUT2D eigenvalue weighted by Crippen LogP contribution is 2.39. The maximum absolute atomic E-state index is 11.4. The standard InChI is InChI=1S/C29H26N4O2/c30-23-7-4-16-33-27(23)26(32-28(33)20-9-11-21(12-10-20)29(34)35)22-13-8-19-14-15-24(31-25(19)17-22)18-5-2-1-3-6-18/h1-8,13-17,20-21H,9-12,30H2,(H,34,35). The van der Waals surface area contributed by atoms with Crippen molar-refractivity contribution in [3.8, 4) is 22.5 Å². The van der Waals surface area contributed by atoms with E-state index in [4.69, 9.17) is 15.7 Å². The second kappa shape index (κ2) is 8.55. The first kappa shape index (κ1) is 21.4. The summed E-state index contributed by atoms with van der Waals surface area (Å²) in [5.41, 5.74) is 12.7. The Morgan fingerprint density at radius 3 is 2.43 bits per heavy atom. The van der Waals surface area contributed by atoms with Crippen LogP contribution in [0.4, 0.5) is 5.69 Å². The zero-order valence-corrected chi connectivity index (χ0v) is 19.3. The summed E-state index contributed by atoms with van der Waals surface area (Å²) in [5.74, 6) is 0.210. The molecule has 2 aromatic carbocycles. The molecule has 0 bridgehead atoms. The van der Waals surface area contributed by atoms with E-state index in [9.17, 15) is 9.90 Å². The van der Waals surface area contributed by atoms with Gasteiger partial charge in [-0.25, -0.2) is 9.97 Å². The second-order valence-electron chi connectivity index (χ2n) is 9.36. The molecule has 6 nitrogen and oxygen atoms in total. The molecule has 0 aliphatic heterocycles. The summed E-state index contributed by atoms with van der Waals surface area (Å²) < 4.78 is 2.09. The molecule has 174 valence electrons. The lowest BCUT2D eigenvalue weighted by atomic mass is 9.81. The molecule has 1 fully saturated rings. The fourth-order valence-corrected chi connectivity index (χ4v) is 5.31. The zero-order chi connectivity index (χ0) is 23.9. The van der Waals surface area contributed by atoms with Gasteiger partial charge in [0.25, 0.3) is 0 Å². The Hall–Kier alpha value is -4.19. The maximum Gasteiger partial charge on any atom is 0.306 e. The van der Waals surface area contributed by atoms with Crippen molar-refractivity contribution in [3.63, 3.8) is 0 Å². The van der Waals surface area contributed by atoms with Crippen LogP contribution in [0.1, 0.15) is 37.4 Å². The van der Waals surface area contributed by atoms with Gasteiger partial charge in [0.1, 0.15) is 5.82 Å². The van der Waals surface area contributed by atoms with Gasteiger partial charge >= 0.3 is 5.97 Å². The molecule has 5 aromatic rings. The third-order valence-electron chi connectivity index (χ3n) is 7.20. The molecule has 3 aromatic heterocycles. The van der Waals surface area contributed by atoms with Gasteiger partial charge in [-0.1, -0.05) is 48.5 Å². The maximum atomic E-state index is 11.4. The number of hydrogen-bond donors (Lipinski definition) is 2. The van der Waals surface area contributed by atoms with Crippen LogP contribution in [0, 0.1) is 5.92 Å². The average molecular weight is 463 g/mol. The van der Waals surface area contributed by atoms with Crippen molar-refractivity contribution in [2.24, 2.45) is 5.92 Å². The number of anilines is 1. The van der Waals surface area contributed by atoms with Crippen molar-refractivity contribution >= 4 is 28.1 Å². The lowest BCUT2D eigenvalue weighted by molar-refractivity contribution is -0.142. The third-order valence-corrected chi connectivity index (χ3v) is 7.20. The molecule has 0 spiro atoms. The molecule has 3 heterocycles. The first-order valence-electron chi connectivity index (χ1n) is 12.0. The summed E-state index contributed by atoms with van der Waals surface area (Å²) in [6, 6.07) is 24.4. The fraction of sp³-hybridized carbons (Fsp3) is 0.207. The van der Waals surface area contributed by atoms with Gasteiger partial charge in [0.05, 0.1) is 34.0 Å². The molecule has 0 saturated heterocycles. The predicted molar refractivity (Wildman–Crippen MR) is 138 cm³/mol. The number of nitrogen functional groups attached to an aromatic ring is 1. The molecular weight excluding hydrogens is 436 g/mol. The Bertz CT molecular complexity index is 1550. The highest BCUT2D eigenvalue weighted by molar-refractivity contribution is 5.92. The number of aliphatic carboxylic acids is 1. The summed E-state index contributed by atoms with van der Waals surface area (Å²) in [5, 5.41) is 10.5. The van der Waals surface area contributed by atoms with Crippen LogP contribution in [-0.4, -0.2) is 25.4 Å². The number of imidazole rings is 1. The van der Waals surface area contributed by atoms with Crippen molar-refractivity contribution in [1.82, 2.24) is 14.4 Å². The number of aromatic nitrogens is 3. The number of hydrogen-bond acceptors (Lipinski definition) is 4. The van der Waals surface area contributed by atoms with E-state index < -0.39 is 5.97 Å². The molecule has 1 aliphatic rings. The molecule has 0 radical (unpaired) electrons. The van der Waals surface area contributed by atoms with E-state index in [1.165, 1.54) is 0 Å². The van der Waals surface area contributed by atoms with Gasteiger partial charge in [-0.2, -0.15) is 0 Å². The van der Waals surface area contributed by atoms with Crippen LogP contribution in [0.25, 0.3) is 38.9 Å². The van der Waals surface area contributed by atoms with E-state index in [0.29, 0.717) is 18.5 Å². The van der Waals surface area contributed by atoms with Gasteiger partial charge in [0.15, 0.2) is 0 Å². The summed E-state index contributed by atoms with van der Waals surface area (Å²) in [4.78, 5) is 21.5. The topological polar surface area (TPSA) is 93.5 Å². The van der Waals surface area contributed by atoms with Crippen molar-refractivity contribution in [3.05, 3.63) is 84.8 Å². The quantitative estimate of drug-likeness (QED) is 0.334. The number of fused-ring (bicyclic) bond motifs is 2. The van der Waals surface area contributed by atoms with Crippen LogP contribution in [0.3, 0.4) is 0 Å². The van der Waals surface area contributed by atoms with Crippen LogP contribution in [0.5, 0.6) is 0 Å². The average Bonchev–Trinajstić information content (AvgIpc) is 3.30. The number of nitrogens with two attached hydrogens (primary N) is 1. The van der Waals surface area contributed by atoms with Crippen molar-refractivity contribution in [2.75, 3.05) is 5.73 Å². The van der Waals surface area contributed by atoms with Gasteiger partial charge in [-0.3, -0.25) is 4.79 Å². The number of benzene rings is 2. The van der Waals surface area contributed by atoms with Crippen LogP contribution in [0.2, 0.25) is 0 Å². The van der Waals surface area contributed by atoms with E-state index in [-0.39, 0.29) is 11.8 Å². The summed E-state index contributed by atoms with van der Waals surface area (Å²) in [7, 11) is 0. The van der Waals surface area contributed by atoms with E-state index >= 15 is 0 Å². The molecule has 35 heavy (non-hydrogen) atoms. The molecule has 0 atom stereocenters. The molecule has 6 heteroatoms. The van der Waals surface area contributed by atoms with Gasteiger partial charge in [-0.05, 0) is 49.9 Å². The second-order valence-corrected chi connectivity index (χ2v) is 9.36. The molecule has 1 aliphatic carbocycles. The first-order valence-corrected chi connectivity index (χ1v) is 12.0. The lowest BCUT2D eigenvalue weighted by Gasteiger charge is -2.25. The predicted octanol–water partition coefficient (Wildman–Crippen LogP) is 6.16. The van der Waals surface area contributed by atoms with Crippen LogP contribution < -0.4 is 5.73 Å². The number of rotatable bonds is 4. The van der Waals surface area contributed by atoms with Gasteiger partial charge in [0, 0.05) is 28.6 Å². The summed E-state index contributed by atoms with van der Waals surface area (Å²) in [6.45, 7) is 0. The summed E-state index contributed by atoms with van der Waals surface area (Å²) >= 11 is 0. The minimum absolute atomic E-state index is 0.205. The number of carbonyl (C=O) groups is 1. The zero-order valence-electron chi connectivity index (χ0n) is 19.3. The number of carboxylic acid groups (broad SMARTS) is 1. The van der Waals surface area contributed by atoms with Crippen molar-refractivity contribution in [1.29, 1.82) is 0 Å². The van der Waals surface area contributed by atoms with Crippen molar-refractivity contribution < 1.29 is 9.90 Å². The van der Waals surface area contributed by atoms with Gasteiger partial charge < -0.3 is 15.2 Å². The van der Waals surface area contributed by atoms with Crippen LogP contribution >= 0.6 is 0 Å².